The summed E-state index contributed by atoms with van der Waals surface area (Å²) in [5, 5.41) is 3.30. The second kappa shape index (κ2) is 5.43. The molecule has 0 aliphatic carbocycles. The average molecular weight is 231 g/mol. The highest BCUT2D eigenvalue weighted by Gasteiger charge is 1.99. The fourth-order valence-electron chi connectivity index (χ4n) is 1.63. The Morgan fingerprint density at radius 2 is 2.12 bits per heavy atom. The Morgan fingerprint density at radius 3 is 2.82 bits per heavy atom. The number of rotatable bonds is 5. The van der Waals surface area contributed by atoms with Crippen molar-refractivity contribution in [2.24, 2.45) is 0 Å². The Kier molecular flexibility index (Phi) is 3.70. The van der Waals surface area contributed by atoms with Gasteiger partial charge in [-0.25, -0.2) is 0 Å². The fourth-order valence-corrected chi connectivity index (χ4v) is 1.63. The Morgan fingerprint density at radius 1 is 1.24 bits per heavy atom. The summed E-state index contributed by atoms with van der Waals surface area (Å²) < 4.78 is 10.9. The highest BCUT2D eigenvalue weighted by Crippen LogP contribution is 2.18. The molecule has 0 saturated carbocycles. The standard InChI is InChI=1S/C14H17NO2/c1-3-16-13-6-4-5-12(9-13)15-10-14-8-7-11(2)17-14/h4-9,15H,3,10H2,1-2H3. The van der Waals surface area contributed by atoms with Gasteiger partial charge in [0.05, 0.1) is 13.2 Å². The van der Waals surface area contributed by atoms with E-state index in [1.54, 1.807) is 0 Å². The van der Waals surface area contributed by atoms with Crippen LogP contribution in [0.2, 0.25) is 0 Å². The molecule has 3 heteroatoms. The summed E-state index contributed by atoms with van der Waals surface area (Å²) in [5.74, 6) is 2.75. The van der Waals surface area contributed by atoms with Crippen LogP contribution in [0.5, 0.6) is 5.75 Å². The van der Waals surface area contributed by atoms with E-state index < -0.39 is 0 Å². The summed E-state index contributed by atoms with van der Waals surface area (Å²) in [5.41, 5.74) is 1.03. The third-order valence-electron chi connectivity index (χ3n) is 2.41. The van der Waals surface area contributed by atoms with E-state index in [0.29, 0.717) is 13.2 Å². The zero-order valence-electron chi connectivity index (χ0n) is 10.2. The first-order valence-corrected chi connectivity index (χ1v) is 5.80. The molecule has 0 saturated heterocycles. The number of aryl methyl sites for hydroxylation is 1. The van der Waals surface area contributed by atoms with Gasteiger partial charge in [0.1, 0.15) is 17.3 Å². The van der Waals surface area contributed by atoms with Crippen LogP contribution in [0.25, 0.3) is 0 Å². The molecule has 0 unspecified atom stereocenters. The maximum atomic E-state index is 5.49. The van der Waals surface area contributed by atoms with Crippen molar-refractivity contribution in [1.29, 1.82) is 0 Å². The van der Waals surface area contributed by atoms with Crippen molar-refractivity contribution in [3.8, 4) is 5.75 Å². The molecule has 3 nitrogen and oxygen atoms in total. The summed E-state index contributed by atoms with van der Waals surface area (Å²) in [7, 11) is 0. The van der Waals surface area contributed by atoms with Crippen molar-refractivity contribution in [3.05, 3.63) is 47.9 Å². The van der Waals surface area contributed by atoms with Crippen molar-refractivity contribution in [3.63, 3.8) is 0 Å². The topological polar surface area (TPSA) is 34.4 Å². The zero-order valence-corrected chi connectivity index (χ0v) is 10.2. The first kappa shape index (κ1) is 11.6. The largest absolute Gasteiger partial charge is 0.494 e. The molecule has 0 aliphatic rings. The molecule has 0 radical (unpaired) electrons. The number of anilines is 1. The van der Waals surface area contributed by atoms with E-state index in [2.05, 4.69) is 5.32 Å². The molecule has 0 aliphatic heterocycles. The van der Waals surface area contributed by atoms with Crippen LogP contribution < -0.4 is 10.1 Å². The van der Waals surface area contributed by atoms with Crippen LogP contribution in [-0.2, 0) is 6.54 Å². The number of hydrogen-bond acceptors (Lipinski definition) is 3. The predicted molar refractivity (Wildman–Crippen MR) is 68.4 cm³/mol. The molecular weight excluding hydrogens is 214 g/mol. The van der Waals surface area contributed by atoms with Crippen molar-refractivity contribution in [2.45, 2.75) is 20.4 Å². The van der Waals surface area contributed by atoms with E-state index in [4.69, 9.17) is 9.15 Å². The normalized spacial score (nSPS) is 10.2. The van der Waals surface area contributed by atoms with Crippen LogP contribution in [0.15, 0.2) is 40.8 Å². The van der Waals surface area contributed by atoms with Gasteiger partial charge >= 0.3 is 0 Å². The molecule has 0 atom stereocenters. The fraction of sp³-hybridized carbons (Fsp3) is 0.286. The molecule has 0 fully saturated rings. The van der Waals surface area contributed by atoms with Gasteiger partial charge in [0, 0.05) is 11.8 Å². The summed E-state index contributed by atoms with van der Waals surface area (Å²) in [6, 6.07) is 11.9. The first-order chi connectivity index (χ1) is 8.28. The number of benzene rings is 1. The molecule has 0 spiro atoms. The molecule has 0 bridgehead atoms. The Balaban J connectivity index is 1.96. The molecule has 2 aromatic rings. The average Bonchev–Trinajstić information content (AvgIpc) is 2.74. The second-order valence-electron chi connectivity index (χ2n) is 3.83. The van der Waals surface area contributed by atoms with Crippen LogP contribution in [-0.4, -0.2) is 6.61 Å². The summed E-state index contributed by atoms with van der Waals surface area (Å²) in [6.45, 7) is 5.29. The second-order valence-corrected chi connectivity index (χ2v) is 3.83. The lowest BCUT2D eigenvalue weighted by Crippen LogP contribution is -1.99. The molecule has 1 N–H and O–H groups in total. The molecule has 1 heterocycles. The minimum Gasteiger partial charge on any atom is -0.494 e. The third kappa shape index (κ3) is 3.28. The quantitative estimate of drug-likeness (QED) is 0.853. The molecule has 17 heavy (non-hydrogen) atoms. The van der Waals surface area contributed by atoms with Gasteiger partial charge in [0.25, 0.3) is 0 Å². The number of nitrogens with one attached hydrogen (secondary N) is 1. The highest BCUT2D eigenvalue weighted by molar-refractivity contribution is 5.48. The lowest BCUT2D eigenvalue weighted by Gasteiger charge is -2.07. The number of furan rings is 1. The first-order valence-electron chi connectivity index (χ1n) is 5.80. The van der Waals surface area contributed by atoms with Crippen LogP contribution in [0.3, 0.4) is 0 Å². The lowest BCUT2D eigenvalue weighted by atomic mass is 10.3. The molecule has 1 aromatic heterocycles. The van der Waals surface area contributed by atoms with Crippen molar-refractivity contribution >= 4 is 5.69 Å². The van der Waals surface area contributed by atoms with Gasteiger partial charge in [0.2, 0.25) is 0 Å². The Bertz CT molecular complexity index is 477. The van der Waals surface area contributed by atoms with Crippen molar-refractivity contribution in [2.75, 3.05) is 11.9 Å². The van der Waals surface area contributed by atoms with Crippen LogP contribution in [0.1, 0.15) is 18.4 Å². The van der Waals surface area contributed by atoms with E-state index in [0.717, 1.165) is 23.0 Å². The maximum Gasteiger partial charge on any atom is 0.123 e. The predicted octanol–water partition coefficient (Wildman–Crippen LogP) is 3.60. The van der Waals surface area contributed by atoms with Crippen LogP contribution >= 0.6 is 0 Å². The molecule has 0 amide bonds. The minimum absolute atomic E-state index is 0.681. The summed E-state index contributed by atoms with van der Waals surface area (Å²) in [4.78, 5) is 0. The van der Waals surface area contributed by atoms with Gasteiger partial charge in [-0.15, -0.1) is 0 Å². The van der Waals surface area contributed by atoms with E-state index in [-0.39, 0.29) is 0 Å². The minimum atomic E-state index is 0.681. The molecular formula is C14H17NO2. The Hall–Kier alpha value is -1.90. The van der Waals surface area contributed by atoms with Gasteiger partial charge in [-0.3, -0.25) is 0 Å². The van der Waals surface area contributed by atoms with E-state index in [1.165, 1.54) is 0 Å². The van der Waals surface area contributed by atoms with E-state index in [1.807, 2.05) is 50.2 Å². The smallest absolute Gasteiger partial charge is 0.123 e. The van der Waals surface area contributed by atoms with Gasteiger partial charge in [-0.1, -0.05) is 6.07 Å². The van der Waals surface area contributed by atoms with Gasteiger partial charge in [-0.05, 0) is 38.1 Å². The van der Waals surface area contributed by atoms with Gasteiger partial charge < -0.3 is 14.5 Å². The summed E-state index contributed by atoms with van der Waals surface area (Å²) in [6.07, 6.45) is 0. The van der Waals surface area contributed by atoms with Crippen LogP contribution in [0, 0.1) is 6.92 Å². The molecule has 2 rings (SSSR count). The van der Waals surface area contributed by atoms with E-state index in [9.17, 15) is 0 Å². The summed E-state index contributed by atoms with van der Waals surface area (Å²) >= 11 is 0. The van der Waals surface area contributed by atoms with Crippen molar-refractivity contribution in [1.82, 2.24) is 0 Å². The lowest BCUT2D eigenvalue weighted by molar-refractivity contribution is 0.340. The van der Waals surface area contributed by atoms with Crippen LogP contribution in [0.4, 0.5) is 5.69 Å². The zero-order chi connectivity index (χ0) is 12.1. The number of ether oxygens (including phenoxy) is 1. The Labute approximate surface area is 101 Å². The molecule has 90 valence electrons. The maximum absolute atomic E-state index is 5.49. The molecule has 1 aromatic carbocycles. The monoisotopic (exact) mass is 231 g/mol. The third-order valence-corrected chi connectivity index (χ3v) is 2.41. The van der Waals surface area contributed by atoms with Crippen molar-refractivity contribution < 1.29 is 9.15 Å². The number of hydrogen-bond donors (Lipinski definition) is 1. The highest BCUT2D eigenvalue weighted by atomic mass is 16.5. The van der Waals surface area contributed by atoms with Gasteiger partial charge in [-0.2, -0.15) is 0 Å². The van der Waals surface area contributed by atoms with E-state index >= 15 is 0 Å². The SMILES string of the molecule is CCOc1cccc(NCc2ccc(C)o2)c1. The van der Waals surface area contributed by atoms with Gasteiger partial charge in [0.15, 0.2) is 0 Å².